The van der Waals surface area contributed by atoms with Gasteiger partial charge in [-0.1, -0.05) is 92.7 Å². The second-order valence-electron chi connectivity index (χ2n) is 9.42. The first-order valence-corrected chi connectivity index (χ1v) is 13.9. The number of para-hydroxylation sites is 1. The summed E-state index contributed by atoms with van der Waals surface area (Å²) < 4.78 is 28.4. The van der Waals surface area contributed by atoms with E-state index in [1.54, 1.807) is 54.6 Å². The number of rotatable bonds is 10. The second kappa shape index (κ2) is 11.9. The third kappa shape index (κ3) is 6.66. The number of hydrogen-bond donors (Lipinski definition) is 1. The quantitative estimate of drug-likeness (QED) is 0.260. The van der Waals surface area contributed by atoms with E-state index >= 15 is 0 Å². The second-order valence-corrected chi connectivity index (χ2v) is 11.3. The fourth-order valence-corrected chi connectivity index (χ4v) is 5.71. The van der Waals surface area contributed by atoms with Crippen molar-refractivity contribution in [1.82, 2.24) is 5.32 Å². The Morgan fingerprint density at radius 2 is 1.30 bits per heavy atom. The van der Waals surface area contributed by atoms with Crippen molar-refractivity contribution in [3.8, 4) is 0 Å². The maximum atomic E-state index is 13.5. The van der Waals surface area contributed by atoms with Crippen LogP contribution in [0.1, 0.15) is 47.8 Å². The van der Waals surface area contributed by atoms with E-state index in [4.69, 9.17) is 0 Å². The number of carbonyl (C=O) groups is 1. The molecule has 0 bridgehead atoms. The molecule has 0 spiro atoms. The minimum atomic E-state index is -3.78. The molecule has 4 aromatic carbocycles. The summed E-state index contributed by atoms with van der Waals surface area (Å²) in [6.07, 6.45) is 0.831. The number of nitrogens with one attached hydrogen (secondary N) is 1. The van der Waals surface area contributed by atoms with Gasteiger partial charge in [0.25, 0.3) is 15.9 Å². The molecule has 0 aliphatic heterocycles. The van der Waals surface area contributed by atoms with E-state index < -0.39 is 10.0 Å². The lowest BCUT2D eigenvalue weighted by Crippen LogP contribution is -2.31. The van der Waals surface area contributed by atoms with Crippen LogP contribution >= 0.6 is 0 Å². The summed E-state index contributed by atoms with van der Waals surface area (Å²) >= 11 is 0. The Kier molecular flexibility index (Phi) is 8.41. The van der Waals surface area contributed by atoms with Crippen molar-refractivity contribution in [3.63, 3.8) is 0 Å². The number of sulfonamides is 1. The molecule has 0 aliphatic rings. The Labute approximate surface area is 219 Å². The van der Waals surface area contributed by atoms with Gasteiger partial charge in [0.2, 0.25) is 0 Å². The van der Waals surface area contributed by atoms with Gasteiger partial charge in [-0.15, -0.1) is 0 Å². The van der Waals surface area contributed by atoms with Gasteiger partial charge in [0.15, 0.2) is 0 Å². The lowest BCUT2D eigenvalue weighted by molar-refractivity contribution is 0.0932. The first-order valence-electron chi connectivity index (χ1n) is 12.4. The van der Waals surface area contributed by atoms with Crippen LogP contribution < -0.4 is 9.62 Å². The van der Waals surface area contributed by atoms with Crippen LogP contribution in [0.2, 0.25) is 0 Å². The molecule has 1 atom stereocenters. The highest BCUT2D eigenvalue weighted by molar-refractivity contribution is 7.92. The van der Waals surface area contributed by atoms with Crippen LogP contribution in [-0.2, 0) is 16.6 Å². The van der Waals surface area contributed by atoms with Gasteiger partial charge in [-0.2, -0.15) is 0 Å². The molecule has 0 aliphatic carbocycles. The van der Waals surface area contributed by atoms with E-state index in [1.165, 1.54) is 4.31 Å². The van der Waals surface area contributed by atoms with Gasteiger partial charge < -0.3 is 5.32 Å². The number of benzene rings is 4. The van der Waals surface area contributed by atoms with Crippen LogP contribution in [0.15, 0.2) is 120 Å². The maximum Gasteiger partial charge on any atom is 0.264 e. The Morgan fingerprint density at radius 3 is 1.86 bits per heavy atom. The smallest absolute Gasteiger partial charge is 0.264 e. The lowest BCUT2D eigenvalue weighted by atomic mass is 9.96. The van der Waals surface area contributed by atoms with Crippen LogP contribution in [0, 0.1) is 5.92 Å². The molecular formula is C31H32N2O3S. The van der Waals surface area contributed by atoms with E-state index in [9.17, 15) is 13.2 Å². The SMILES string of the molecule is CC(C)C[C@@H](NC(=O)c1ccc(CN(c2ccccc2)S(=O)(=O)c2ccccc2)cc1)c1ccccc1. The number of nitrogens with zero attached hydrogens (tertiary/aromatic N) is 1. The van der Waals surface area contributed by atoms with E-state index in [2.05, 4.69) is 19.2 Å². The fourth-order valence-electron chi connectivity index (χ4n) is 4.23. The molecular weight excluding hydrogens is 480 g/mol. The van der Waals surface area contributed by atoms with Crippen molar-refractivity contribution in [1.29, 1.82) is 0 Å². The first-order chi connectivity index (χ1) is 17.8. The van der Waals surface area contributed by atoms with Crippen molar-refractivity contribution < 1.29 is 13.2 Å². The average Bonchev–Trinajstić information content (AvgIpc) is 2.93. The summed E-state index contributed by atoms with van der Waals surface area (Å²) in [5.41, 5.74) is 2.96. The minimum absolute atomic E-state index is 0.0852. The molecule has 190 valence electrons. The zero-order valence-electron chi connectivity index (χ0n) is 21.1. The Hall–Kier alpha value is -3.90. The Morgan fingerprint density at radius 1 is 0.757 bits per heavy atom. The standard InChI is InChI=1S/C31H32N2O3S/c1-24(2)22-30(26-12-6-3-7-13-26)32-31(34)27-20-18-25(19-21-27)23-33(28-14-8-4-9-15-28)37(35,36)29-16-10-5-11-17-29/h3-21,24,30H,22-23H2,1-2H3,(H,32,34)/t30-/m1/s1. The highest BCUT2D eigenvalue weighted by Gasteiger charge is 2.25. The van der Waals surface area contributed by atoms with Gasteiger partial charge in [0.1, 0.15) is 0 Å². The molecule has 0 heterocycles. The summed E-state index contributed by atoms with van der Waals surface area (Å²) in [5, 5.41) is 3.17. The van der Waals surface area contributed by atoms with Gasteiger partial charge >= 0.3 is 0 Å². The maximum absolute atomic E-state index is 13.5. The predicted octanol–water partition coefficient (Wildman–Crippen LogP) is 6.60. The summed E-state index contributed by atoms with van der Waals surface area (Å²) in [6.45, 7) is 4.42. The number of anilines is 1. The zero-order valence-corrected chi connectivity index (χ0v) is 21.9. The fraction of sp³-hybridized carbons (Fsp3) is 0.194. The zero-order chi connectivity index (χ0) is 26.3. The van der Waals surface area contributed by atoms with Crippen molar-refractivity contribution in [3.05, 3.63) is 132 Å². The van der Waals surface area contributed by atoms with Crippen molar-refractivity contribution in [2.45, 2.75) is 37.8 Å². The van der Waals surface area contributed by atoms with Gasteiger partial charge in [0.05, 0.1) is 23.2 Å². The van der Waals surface area contributed by atoms with E-state index in [1.807, 2.05) is 60.7 Å². The summed E-state index contributed by atoms with van der Waals surface area (Å²) in [7, 11) is -3.78. The topological polar surface area (TPSA) is 66.5 Å². The van der Waals surface area contributed by atoms with Crippen molar-refractivity contribution in [2.24, 2.45) is 5.92 Å². The number of carbonyl (C=O) groups excluding carboxylic acids is 1. The third-order valence-corrected chi connectivity index (χ3v) is 7.92. The average molecular weight is 513 g/mol. The van der Waals surface area contributed by atoms with Crippen LogP contribution in [-0.4, -0.2) is 14.3 Å². The molecule has 1 N–H and O–H groups in total. The van der Waals surface area contributed by atoms with Gasteiger partial charge in [-0.25, -0.2) is 8.42 Å². The van der Waals surface area contributed by atoms with E-state index in [0.29, 0.717) is 17.2 Å². The molecule has 0 fully saturated rings. The Bertz CT molecular complexity index is 1390. The first kappa shape index (κ1) is 26.2. The van der Waals surface area contributed by atoms with Crippen LogP contribution in [0.4, 0.5) is 5.69 Å². The number of amides is 1. The van der Waals surface area contributed by atoms with Crippen molar-refractivity contribution in [2.75, 3.05) is 4.31 Å². The summed E-state index contributed by atoms with van der Waals surface area (Å²) in [4.78, 5) is 13.3. The van der Waals surface area contributed by atoms with E-state index in [-0.39, 0.29) is 23.4 Å². The van der Waals surface area contributed by atoms with Crippen LogP contribution in [0.3, 0.4) is 0 Å². The molecule has 0 unspecified atom stereocenters. The highest BCUT2D eigenvalue weighted by Crippen LogP contribution is 2.26. The largest absolute Gasteiger partial charge is 0.345 e. The molecule has 1 amide bonds. The Balaban J connectivity index is 1.55. The summed E-state index contributed by atoms with van der Waals surface area (Å²) in [5.74, 6) is 0.265. The molecule has 4 aromatic rings. The highest BCUT2D eigenvalue weighted by atomic mass is 32.2. The minimum Gasteiger partial charge on any atom is -0.345 e. The number of hydrogen-bond acceptors (Lipinski definition) is 3. The molecule has 0 aromatic heterocycles. The predicted molar refractivity (Wildman–Crippen MR) is 149 cm³/mol. The molecule has 0 saturated heterocycles. The molecule has 37 heavy (non-hydrogen) atoms. The van der Waals surface area contributed by atoms with Gasteiger partial charge in [-0.05, 0) is 59.9 Å². The van der Waals surface area contributed by atoms with Gasteiger partial charge in [0, 0.05) is 5.56 Å². The molecule has 0 radical (unpaired) electrons. The normalized spacial score (nSPS) is 12.2. The van der Waals surface area contributed by atoms with Crippen LogP contribution in [0.5, 0.6) is 0 Å². The van der Waals surface area contributed by atoms with Crippen molar-refractivity contribution >= 4 is 21.6 Å². The molecule has 0 saturated carbocycles. The van der Waals surface area contributed by atoms with Crippen LogP contribution in [0.25, 0.3) is 0 Å². The summed E-state index contributed by atoms with van der Waals surface area (Å²) in [6, 6.07) is 34.5. The third-order valence-electron chi connectivity index (χ3n) is 6.13. The molecule has 5 nitrogen and oxygen atoms in total. The molecule has 4 rings (SSSR count). The lowest BCUT2D eigenvalue weighted by Gasteiger charge is -2.25. The van der Waals surface area contributed by atoms with Gasteiger partial charge in [-0.3, -0.25) is 9.10 Å². The van der Waals surface area contributed by atoms with E-state index in [0.717, 1.165) is 17.5 Å². The monoisotopic (exact) mass is 512 g/mol. The molecule has 6 heteroatoms.